The highest BCUT2D eigenvalue weighted by molar-refractivity contribution is 5.77. The molecule has 0 bridgehead atoms. The number of carbonyl (C=O) groups is 1. The number of ether oxygens (including phenoxy) is 2. The van der Waals surface area contributed by atoms with Gasteiger partial charge in [-0.25, -0.2) is 0 Å². The number of esters is 1. The first-order valence-electron chi connectivity index (χ1n) is 5.56. The molecule has 0 spiro atoms. The Morgan fingerprint density at radius 2 is 2.06 bits per heavy atom. The van der Waals surface area contributed by atoms with Crippen LogP contribution in [0.3, 0.4) is 0 Å². The molecule has 1 fully saturated rings. The van der Waals surface area contributed by atoms with Crippen LogP contribution in [0.4, 0.5) is 0 Å². The minimum Gasteiger partial charge on any atom is -0.497 e. The van der Waals surface area contributed by atoms with Crippen LogP contribution in [0.2, 0.25) is 0 Å². The maximum Gasteiger partial charge on any atom is 0.309 e. The Bertz CT molecular complexity index is 369. The Kier molecular flexibility index (Phi) is 3.13. The van der Waals surface area contributed by atoms with E-state index in [0.29, 0.717) is 12.5 Å². The predicted octanol–water partition coefficient (Wildman–Crippen LogP) is 2.36. The Labute approximate surface area is 95.4 Å². The second kappa shape index (κ2) is 4.56. The van der Waals surface area contributed by atoms with Gasteiger partial charge in [0.05, 0.1) is 19.6 Å². The number of benzene rings is 1. The smallest absolute Gasteiger partial charge is 0.309 e. The van der Waals surface area contributed by atoms with Gasteiger partial charge in [0, 0.05) is 0 Å². The summed E-state index contributed by atoms with van der Waals surface area (Å²) in [5.74, 6) is 1.18. The average molecular weight is 220 g/mol. The van der Waals surface area contributed by atoms with Gasteiger partial charge in [-0.15, -0.1) is 0 Å². The van der Waals surface area contributed by atoms with Gasteiger partial charge in [0.15, 0.2) is 0 Å². The first-order chi connectivity index (χ1) is 7.76. The molecule has 0 unspecified atom stereocenters. The second-order valence-electron chi connectivity index (χ2n) is 3.97. The van der Waals surface area contributed by atoms with Crippen molar-refractivity contribution in [2.45, 2.75) is 19.3 Å². The highest BCUT2D eigenvalue weighted by atomic mass is 16.5. The lowest BCUT2D eigenvalue weighted by Crippen LogP contribution is -2.07. The lowest BCUT2D eigenvalue weighted by atomic mass is 10.1. The molecule has 0 radical (unpaired) electrons. The van der Waals surface area contributed by atoms with Gasteiger partial charge in [-0.2, -0.15) is 0 Å². The first-order valence-corrected chi connectivity index (χ1v) is 5.56. The molecule has 2 rings (SSSR count). The topological polar surface area (TPSA) is 35.5 Å². The van der Waals surface area contributed by atoms with E-state index in [1.54, 1.807) is 7.11 Å². The van der Waals surface area contributed by atoms with Crippen LogP contribution in [-0.2, 0) is 9.53 Å². The molecule has 0 aliphatic heterocycles. The third-order valence-corrected chi connectivity index (χ3v) is 2.92. The van der Waals surface area contributed by atoms with Gasteiger partial charge in [0.1, 0.15) is 5.75 Å². The molecule has 2 atom stereocenters. The maximum atomic E-state index is 11.5. The molecule has 0 aromatic heterocycles. The van der Waals surface area contributed by atoms with E-state index in [2.05, 4.69) is 0 Å². The zero-order valence-corrected chi connectivity index (χ0v) is 9.60. The van der Waals surface area contributed by atoms with Crippen molar-refractivity contribution in [3.63, 3.8) is 0 Å². The van der Waals surface area contributed by atoms with E-state index < -0.39 is 0 Å². The van der Waals surface area contributed by atoms with Crippen molar-refractivity contribution in [3.8, 4) is 5.75 Å². The summed E-state index contributed by atoms with van der Waals surface area (Å²) < 4.78 is 10.1. The van der Waals surface area contributed by atoms with Crippen LogP contribution in [0, 0.1) is 5.92 Å². The Hall–Kier alpha value is -1.51. The summed E-state index contributed by atoms with van der Waals surface area (Å²) in [6.45, 7) is 2.30. The Balaban J connectivity index is 1.97. The van der Waals surface area contributed by atoms with E-state index in [9.17, 15) is 4.79 Å². The Morgan fingerprint density at radius 1 is 1.38 bits per heavy atom. The van der Waals surface area contributed by atoms with E-state index in [-0.39, 0.29) is 11.9 Å². The fourth-order valence-corrected chi connectivity index (χ4v) is 1.92. The van der Waals surface area contributed by atoms with E-state index in [1.165, 1.54) is 5.56 Å². The van der Waals surface area contributed by atoms with Crippen molar-refractivity contribution >= 4 is 5.97 Å². The molecule has 1 aliphatic rings. The summed E-state index contributed by atoms with van der Waals surface area (Å²) in [5.41, 5.74) is 1.19. The van der Waals surface area contributed by atoms with Crippen LogP contribution < -0.4 is 4.74 Å². The Morgan fingerprint density at radius 3 is 2.62 bits per heavy atom. The molecule has 0 N–H and O–H groups in total. The van der Waals surface area contributed by atoms with Crippen LogP contribution >= 0.6 is 0 Å². The summed E-state index contributed by atoms with van der Waals surface area (Å²) in [4.78, 5) is 11.5. The van der Waals surface area contributed by atoms with Gasteiger partial charge in [0.2, 0.25) is 0 Å². The number of carbonyl (C=O) groups excluding carboxylic acids is 1. The van der Waals surface area contributed by atoms with Crippen molar-refractivity contribution in [2.24, 2.45) is 5.92 Å². The minimum atomic E-state index is -0.0664. The van der Waals surface area contributed by atoms with Crippen molar-refractivity contribution in [1.82, 2.24) is 0 Å². The predicted molar refractivity (Wildman–Crippen MR) is 60.5 cm³/mol. The number of methoxy groups -OCH3 is 1. The lowest BCUT2D eigenvalue weighted by Gasteiger charge is -2.03. The number of hydrogen-bond acceptors (Lipinski definition) is 3. The van der Waals surface area contributed by atoms with Crippen LogP contribution in [0.5, 0.6) is 5.75 Å². The number of hydrogen-bond donors (Lipinski definition) is 0. The quantitative estimate of drug-likeness (QED) is 0.731. The zero-order chi connectivity index (χ0) is 11.5. The molecule has 0 amide bonds. The van der Waals surface area contributed by atoms with Gasteiger partial charge in [-0.1, -0.05) is 12.1 Å². The van der Waals surface area contributed by atoms with Crippen LogP contribution in [0.15, 0.2) is 24.3 Å². The molecular weight excluding hydrogens is 204 g/mol. The molecule has 0 saturated heterocycles. The summed E-state index contributed by atoms with van der Waals surface area (Å²) in [7, 11) is 1.65. The fourth-order valence-electron chi connectivity index (χ4n) is 1.92. The highest BCUT2D eigenvalue weighted by Gasteiger charge is 2.44. The SMILES string of the molecule is CCOC(=O)[C@@H]1C[C@H]1c1ccc(OC)cc1. The third-order valence-electron chi connectivity index (χ3n) is 2.92. The van der Waals surface area contributed by atoms with Crippen molar-refractivity contribution in [3.05, 3.63) is 29.8 Å². The highest BCUT2D eigenvalue weighted by Crippen LogP contribution is 2.48. The molecule has 1 aromatic carbocycles. The van der Waals surface area contributed by atoms with Crippen molar-refractivity contribution in [2.75, 3.05) is 13.7 Å². The fraction of sp³-hybridized carbons (Fsp3) is 0.462. The van der Waals surface area contributed by atoms with Crippen LogP contribution in [-0.4, -0.2) is 19.7 Å². The summed E-state index contributed by atoms with van der Waals surface area (Å²) in [5, 5.41) is 0. The van der Waals surface area contributed by atoms with E-state index in [0.717, 1.165) is 12.2 Å². The summed E-state index contributed by atoms with van der Waals surface area (Å²) in [6.07, 6.45) is 0.908. The molecule has 0 heterocycles. The van der Waals surface area contributed by atoms with E-state index >= 15 is 0 Å². The normalized spacial score (nSPS) is 22.6. The average Bonchev–Trinajstić information content (AvgIpc) is 3.09. The van der Waals surface area contributed by atoms with Gasteiger partial charge in [0.25, 0.3) is 0 Å². The molecule has 1 aliphatic carbocycles. The van der Waals surface area contributed by atoms with Gasteiger partial charge < -0.3 is 9.47 Å². The monoisotopic (exact) mass is 220 g/mol. The van der Waals surface area contributed by atoms with Gasteiger partial charge in [-0.3, -0.25) is 4.79 Å². The van der Waals surface area contributed by atoms with E-state index in [4.69, 9.17) is 9.47 Å². The molecule has 1 aromatic rings. The minimum absolute atomic E-state index is 0.0633. The van der Waals surface area contributed by atoms with Crippen LogP contribution in [0.25, 0.3) is 0 Å². The largest absolute Gasteiger partial charge is 0.497 e. The maximum absolute atomic E-state index is 11.5. The molecular formula is C13H16O3. The molecule has 3 nitrogen and oxygen atoms in total. The molecule has 86 valence electrons. The molecule has 1 saturated carbocycles. The zero-order valence-electron chi connectivity index (χ0n) is 9.60. The number of rotatable bonds is 4. The molecule has 3 heteroatoms. The van der Waals surface area contributed by atoms with Crippen molar-refractivity contribution < 1.29 is 14.3 Å². The van der Waals surface area contributed by atoms with Crippen molar-refractivity contribution in [1.29, 1.82) is 0 Å². The van der Waals surface area contributed by atoms with Gasteiger partial charge >= 0.3 is 5.97 Å². The standard InChI is InChI=1S/C13H16O3/c1-3-16-13(14)12-8-11(12)9-4-6-10(15-2)7-5-9/h4-7,11-12H,3,8H2,1-2H3/t11-,12+/m0/s1. The molecule has 16 heavy (non-hydrogen) atoms. The first kappa shape index (κ1) is 11.0. The second-order valence-corrected chi connectivity index (χ2v) is 3.97. The van der Waals surface area contributed by atoms with E-state index in [1.807, 2.05) is 31.2 Å². The lowest BCUT2D eigenvalue weighted by molar-refractivity contribution is -0.144. The summed E-state index contributed by atoms with van der Waals surface area (Å²) in [6, 6.07) is 7.89. The summed E-state index contributed by atoms with van der Waals surface area (Å²) >= 11 is 0. The third kappa shape index (κ3) is 2.18. The van der Waals surface area contributed by atoms with Gasteiger partial charge in [-0.05, 0) is 37.0 Å². The van der Waals surface area contributed by atoms with Crippen LogP contribution in [0.1, 0.15) is 24.8 Å².